The van der Waals surface area contributed by atoms with Crippen LogP contribution in [0, 0.1) is 11.8 Å². The van der Waals surface area contributed by atoms with E-state index in [-0.39, 0.29) is 12.5 Å². The molecule has 26 heavy (non-hydrogen) atoms. The van der Waals surface area contributed by atoms with Gasteiger partial charge < -0.3 is 14.8 Å². The van der Waals surface area contributed by atoms with Gasteiger partial charge in [0.25, 0.3) is 5.91 Å². The van der Waals surface area contributed by atoms with Crippen molar-refractivity contribution in [2.45, 2.75) is 46.1 Å². The average molecular weight is 380 g/mol. The number of rotatable bonds is 6. The van der Waals surface area contributed by atoms with Gasteiger partial charge in [-0.3, -0.25) is 15.6 Å². The topological polar surface area (TPSA) is 71.6 Å². The zero-order valence-corrected chi connectivity index (χ0v) is 16.5. The summed E-state index contributed by atoms with van der Waals surface area (Å²) in [6, 6.07) is 7.49. The number of thiocarbonyl (C=S) groups is 1. The predicted molar refractivity (Wildman–Crippen MR) is 106 cm³/mol. The number of nitrogens with one attached hydrogen (secondary N) is 3. The molecule has 0 unspecified atom stereocenters. The lowest BCUT2D eigenvalue weighted by Crippen LogP contribution is -2.53. The summed E-state index contributed by atoms with van der Waals surface area (Å²) in [6.45, 7) is 6.96. The summed E-state index contributed by atoms with van der Waals surface area (Å²) >= 11 is 5.27. The zero-order chi connectivity index (χ0) is 18.9. The Bertz CT molecular complexity index is 594. The molecule has 6 nitrogen and oxygen atoms in total. The van der Waals surface area contributed by atoms with Crippen LogP contribution in [0.2, 0.25) is 0 Å². The maximum absolute atomic E-state index is 11.9. The second-order valence-electron chi connectivity index (χ2n) is 6.71. The Morgan fingerprint density at radius 1 is 1.12 bits per heavy atom. The SMILES string of the molecule is CCOc1ccc(OCC(=O)NNC(=S)N[C@H]2CCC[C@H](C)[C@@H]2C)cc1. The van der Waals surface area contributed by atoms with Crippen LogP contribution in [0.15, 0.2) is 24.3 Å². The number of carbonyl (C=O) groups is 1. The van der Waals surface area contributed by atoms with E-state index in [0.717, 1.165) is 12.2 Å². The molecule has 0 radical (unpaired) electrons. The normalized spacial score (nSPS) is 22.2. The van der Waals surface area contributed by atoms with E-state index < -0.39 is 0 Å². The van der Waals surface area contributed by atoms with E-state index in [9.17, 15) is 4.79 Å². The highest BCUT2D eigenvalue weighted by Crippen LogP contribution is 2.29. The Labute approximate surface area is 161 Å². The molecule has 3 N–H and O–H groups in total. The molecule has 2 rings (SSSR count). The van der Waals surface area contributed by atoms with E-state index in [1.165, 1.54) is 12.8 Å². The third-order valence-corrected chi connectivity index (χ3v) is 5.06. The first-order chi connectivity index (χ1) is 12.5. The number of hydrogen-bond donors (Lipinski definition) is 3. The molecule has 1 aliphatic carbocycles. The van der Waals surface area contributed by atoms with Crippen LogP contribution in [0.3, 0.4) is 0 Å². The highest BCUT2D eigenvalue weighted by atomic mass is 32.1. The molecule has 1 aromatic carbocycles. The van der Waals surface area contributed by atoms with Crippen LogP contribution in [0.25, 0.3) is 0 Å². The molecule has 0 spiro atoms. The monoisotopic (exact) mass is 379 g/mol. The third kappa shape index (κ3) is 6.37. The molecule has 3 atom stereocenters. The molecule has 0 bridgehead atoms. The molecule has 0 aliphatic heterocycles. The molecule has 0 heterocycles. The van der Waals surface area contributed by atoms with Crippen molar-refractivity contribution in [3.8, 4) is 11.5 Å². The van der Waals surface area contributed by atoms with Crippen LogP contribution < -0.4 is 25.6 Å². The van der Waals surface area contributed by atoms with Crippen molar-refractivity contribution in [1.82, 2.24) is 16.2 Å². The van der Waals surface area contributed by atoms with Gasteiger partial charge in [0.05, 0.1) is 6.61 Å². The smallest absolute Gasteiger partial charge is 0.276 e. The van der Waals surface area contributed by atoms with Crippen LogP contribution in [-0.2, 0) is 4.79 Å². The van der Waals surface area contributed by atoms with Crippen molar-refractivity contribution >= 4 is 23.2 Å². The van der Waals surface area contributed by atoms with Gasteiger partial charge in [-0.15, -0.1) is 0 Å². The number of ether oxygens (including phenoxy) is 2. The zero-order valence-electron chi connectivity index (χ0n) is 15.7. The Hall–Kier alpha value is -2.02. The van der Waals surface area contributed by atoms with Crippen molar-refractivity contribution in [1.29, 1.82) is 0 Å². The van der Waals surface area contributed by atoms with Crippen molar-refractivity contribution in [3.05, 3.63) is 24.3 Å². The van der Waals surface area contributed by atoms with Gasteiger partial charge in [0.1, 0.15) is 11.5 Å². The highest BCUT2D eigenvalue weighted by Gasteiger charge is 2.27. The summed E-state index contributed by atoms with van der Waals surface area (Å²) in [6.07, 6.45) is 3.56. The summed E-state index contributed by atoms with van der Waals surface area (Å²) in [7, 11) is 0. The van der Waals surface area contributed by atoms with Gasteiger partial charge in [-0.2, -0.15) is 0 Å². The van der Waals surface area contributed by atoms with Crippen LogP contribution in [0.1, 0.15) is 40.0 Å². The first-order valence-corrected chi connectivity index (χ1v) is 9.61. The fourth-order valence-corrected chi connectivity index (χ4v) is 3.30. The maximum Gasteiger partial charge on any atom is 0.276 e. The van der Waals surface area contributed by atoms with Gasteiger partial charge in [-0.1, -0.05) is 26.7 Å². The van der Waals surface area contributed by atoms with E-state index in [0.29, 0.717) is 35.3 Å². The summed E-state index contributed by atoms with van der Waals surface area (Å²) in [5.41, 5.74) is 5.31. The molecule has 0 aromatic heterocycles. The maximum atomic E-state index is 11.9. The van der Waals surface area contributed by atoms with Gasteiger partial charge in [0.15, 0.2) is 11.7 Å². The summed E-state index contributed by atoms with van der Waals surface area (Å²) in [5.74, 6) is 2.32. The largest absolute Gasteiger partial charge is 0.494 e. The van der Waals surface area contributed by atoms with Crippen LogP contribution >= 0.6 is 12.2 Å². The fourth-order valence-electron chi connectivity index (χ4n) is 3.10. The molecule has 7 heteroatoms. The Kier molecular flexibility index (Phi) is 7.97. The van der Waals surface area contributed by atoms with Crippen molar-refractivity contribution in [3.63, 3.8) is 0 Å². The number of amides is 1. The number of hydrogen-bond acceptors (Lipinski definition) is 4. The van der Waals surface area contributed by atoms with Crippen LogP contribution in [-0.4, -0.2) is 30.3 Å². The minimum atomic E-state index is -0.298. The molecular weight excluding hydrogens is 350 g/mol. The Balaban J connectivity index is 1.67. The summed E-state index contributed by atoms with van der Waals surface area (Å²) in [5, 5.41) is 3.73. The highest BCUT2D eigenvalue weighted by molar-refractivity contribution is 7.80. The van der Waals surface area contributed by atoms with E-state index in [4.69, 9.17) is 21.7 Å². The minimum absolute atomic E-state index is 0.0968. The van der Waals surface area contributed by atoms with Crippen molar-refractivity contribution in [2.24, 2.45) is 11.8 Å². The molecule has 1 saturated carbocycles. The number of benzene rings is 1. The van der Waals surface area contributed by atoms with Gasteiger partial charge in [-0.25, -0.2) is 0 Å². The summed E-state index contributed by atoms with van der Waals surface area (Å²) in [4.78, 5) is 11.9. The van der Waals surface area contributed by atoms with Crippen molar-refractivity contribution in [2.75, 3.05) is 13.2 Å². The van der Waals surface area contributed by atoms with Gasteiger partial charge in [0.2, 0.25) is 0 Å². The van der Waals surface area contributed by atoms with Crippen molar-refractivity contribution < 1.29 is 14.3 Å². The molecule has 0 saturated heterocycles. The van der Waals surface area contributed by atoms with Crippen LogP contribution in [0.5, 0.6) is 11.5 Å². The predicted octanol–water partition coefficient (Wildman–Crippen LogP) is 2.78. The van der Waals surface area contributed by atoms with E-state index in [2.05, 4.69) is 30.0 Å². The average Bonchev–Trinajstić information content (AvgIpc) is 2.63. The molecule has 1 fully saturated rings. The first-order valence-electron chi connectivity index (χ1n) is 9.20. The van der Waals surface area contributed by atoms with Gasteiger partial charge in [0, 0.05) is 6.04 Å². The minimum Gasteiger partial charge on any atom is -0.494 e. The quantitative estimate of drug-likeness (QED) is 0.521. The molecule has 1 aromatic rings. The van der Waals surface area contributed by atoms with E-state index >= 15 is 0 Å². The standard InChI is InChI=1S/C19H29N3O3S/c1-4-24-15-8-10-16(11-9-15)25-12-18(23)21-22-19(26)20-17-7-5-6-13(2)14(17)3/h8-11,13-14,17H,4-7,12H2,1-3H3,(H,21,23)(H2,20,22,26)/t13-,14-,17-/m0/s1. The number of carbonyl (C=O) groups excluding carboxylic acids is 1. The lowest BCUT2D eigenvalue weighted by Gasteiger charge is -2.35. The molecule has 1 aliphatic rings. The fraction of sp³-hybridized carbons (Fsp3) is 0.579. The van der Waals surface area contributed by atoms with Crippen LogP contribution in [0.4, 0.5) is 0 Å². The lowest BCUT2D eigenvalue weighted by atomic mass is 9.78. The number of hydrazine groups is 1. The molecular formula is C19H29N3O3S. The Morgan fingerprint density at radius 2 is 1.77 bits per heavy atom. The second-order valence-corrected chi connectivity index (χ2v) is 7.12. The van der Waals surface area contributed by atoms with Gasteiger partial charge in [-0.05, 0) is 61.7 Å². The summed E-state index contributed by atoms with van der Waals surface area (Å²) < 4.78 is 10.8. The lowest BCUT2D eigenvalue weighted by molar-refractivity contribution is -0.123. The Morgan fingerprint density at radius 3 is 2.42 bits per heavy atom. The molecule has 1 amide bonds. The van der Waals surface area contributed by atoms with E-state index in [1.54, 1.807) is 24.3 Å². The third-order valence-electron chi connectivity index (χ3n) is 4.84. The first kappa shape index (κ1) is 20.3. The molecule has 144 valence electrons. The van der Waals surface area contributed by atoms with Gasteiger partial charge >= 0.3 is 0 Å². The second kappa shape index (κ2) is 10.2. The van der Waals surface area contributed by atoms with E-state index in [1.807, 2.05) is 6.92 Å².